The summed E-state index contributed by atoms with van der Waals surface area (Å²) < 4.78 is 1.94. The Hall–Kier alpha value is -2.60. The van der Waals surface area contributed by atoms with Crippen LogP contribution in [-0.4, -0.2) is 25.9 Å². The molecule has 1 aliphatic rings. The van der Waals surface area contributed by atoms with E-state index in [2.05, 4.69) is 46.7 Å². The van der Waals surface area contributed by atoms with Crippen molar-refractivity contribution in [1.82, 2.24) is 20.1 Å². The Labute approximate surface area is 169 Å². The van der Waals surface area contributed by atoms with Crippen molar-refractivity contribution in [3.63, 3.8) is 0 Å². The number of rotatable bonds is 5. The molecule has 2 atom stereocenters. The number of nitrogens with zero attached hydrogens (tertiary/aromatic N) is 3. The number of fused-ring (bicyclic) bond motifs is 1. The van der Waals surface area contributed by atoms with E-state index < -0.39 is 0 Å². The molecule has 3 aromatic rings. The molecule has 0 unspecified atom stereocenters. The summed E-state index contributed by atoms with van der Waals surface area (Å²) in [5, 5.41) is 12.0. The maximum absolute atomic E-state index is 12.9. The SMILES string of the molecule is Cc1ccccc1-n1cnnc1S[C@@H](C)C(=O)N[C@H]1CCCc2ccccc21. The molecular formula is C22H24N4OS. The number of amides is 1. The van der Waals surface area contributed by atoms with Crippen LogP contribution in [0.5, 0.6) is 0 Å². The Morgan fingerprint density at radius 2 is 2.00 bits per heavy atom. The van der Waals surface area contributed by atoms with Crippen molar-refractivity contribution in [3.05, 3.63) is 71.5 Å². The van der Waals surface area contributed by atoms with Gasteiger partial charge in [-0.2, -0.15) is 0 Å². The number of hydrogen-bond acceptors (Lipinski definition) is 4. The van der Waals surface area contributed by atoms with Crippen molar-refractivity contribution in [2.24, 2.45) is 0 Å². The summed E-state index contributed by atoms with van der Waals surface area (Å²) in [5.74, 6) is 0.0334. The number of benzene rings is 2. The zero-order chi connectivity index (χ0) is 19.5. The average molecular weight is 393 g/mol. The molecule has 144 valence electrons. The van der Waals surface area contributed by atoms with Gasteiger partial charge in [-0.05, 0) is 55.9 Å². The van der Waals surface area contributed by atoms with Crippen LogP contribution in [0.15, 0.2) is 60.0 Å². The number of para-hydroxylation sites is 1. The topological polar surface area (TPSA) is 59.8 Å². The second-order valence-corrected chi connectivity index (χ2v) is 8.49. The second kappa shape index (κ2) is 8.19. The molecule has 1 aliphatic carbocycles. The third-order valence-electron chi connectivity index (χ3n) is 5.23. The first kappa shape index (κ1) is 18.7. The van der Waals surface area contributed by atoms with Gasteiger partial charge in [0.1, 0.15) is 6.33 Å². The summed E-state index contributed by atoms with van der Waals surface area (Å²) in [6, 6.07) is 16.6. The van der Waals surface area contributed by atoms with Gasteiger partial charge in [0.15, 0.2) is 5.16 Å². The van der Waals surface area contributed by atoms with E-state index in [0.29, 0.717) is 0 Å². The lowest BCUT2D eigenvalue weighted by atomic mass is 9.88. The molecule has 0 aliphatic heterocycles. The van der Waals surface area contributed by atoms with E-state index in [4.69, 9.17) is 0 Å². The van der Waals surface area contributed by atoms with Crippen LogP contribution in [0.2, 0.25) is 0 Å². The molecule has 28 heavy (non-hydrogen) atoms. The monoisotopic (exact) mass is 392 g/mol. The van der Waals surface area contributed by atoms with Gasteiger partial charge in [0.2, 0.25) is 5.91 Å². The molecule has 0 spiro atoms. The Kier molecular flexibility index (Phi) is 5.48. The van der Waals surface area contributed by atoms with E-state index in [-0.39, 0.29) is 17.2 Å². The first-order chi connectivity index (χ1) is 13.6. The van der Waals surface area contributed by atoms with Crippen LogP contribution < -0.4 is 5.32 Å². The van der Waals surface area contributed by atoms with E-state index in [1.54, 1.807) is 6.33 Å². The van der Waals surface area contributed by atoms with Gasteiger partial charge in [-0.25, -0.2) is 0 Å². The van der Waals surface area contributed by atoms with E-state index >= 15 is 0 Å². The summed E-state index contributed by atoms with van der Waals surface area (Å²) in [4.78, 5) is 12.9. The maximum atomic E-state index is 12.9. The molecule has 1 amide bonds. The average Bonchev–Trinajstić information content (AvgIpc) is 3.16. The Morgan fingerprint density at radius 1 is 1.21 bits per heavy atom. The third-order valence-corrected chi connectivity index (χ3v) is 6.29. The zero-order valence-electron chi connectivity index (χ0n) is 16.1. The van der Waals surface area contributed by atoms with Gasteiger partial charge in [0.05, 0.1) is 17.0 Å². The fourth-order valence-corrected chi connectivity index (χ4v) is 4.55. The summed E-state index contributed by atoms with van der Waals surface area (Å²) in [6.07, 6.45) is 4.88. The van der Waals surface area contributed by atoms with Crippen LogP contribution >= 0.6 is 11.8 Å². The predicted molar refractivity (Wildman–Crippen MR) is 112 cm³/mol. The standard InChI is InChI=1S/C22H24N4OS/c1-15-8-3-6-13-20(15)26-14-23-25-22(26)28-16(2)21(27)24-19-12-7-10-17-9-4-5-11-18(17)19/h3-6,8-9,11,13-14,16,19H,7,10,12H2,1-2H3,(H,24,27)/t16-,19-/m0/s1. The summed E-state index contributed by atoms with van der Waals surface area (Å²) >= 11 is 1.44. The number of hydrogen-bond donors (Lipinski definition) is 1. The molecule has 2 aromatic carbocycles. The van der Waals surface area contributed by atoms with Gasteiger partial charge in [-0.1, -0.05) is 54.2 Å². The first-order valence-electron chi connectivity index (χ1n) is 9.64. The number of nitrogens with one attached hydrogen (secondary N) is 1. The first-order valence-corrected chi connectivity index (χ1v) is 10.5. The number of carbonyl (C=O) groups is 1. The van der Waals surface area contributed by atoms with Crippen molar-refractivity contribution in [2.45, 2.75) is 49.6 Å². The Morgan fingerprint density at radius 3 is 2.86 bits per heavy atom. The molecule has 1 heterocycles. The summed E-state index contributed by atoms with van der Waals surface area (Å²) in [6.45, 7) is 3.98. The molecule has 6 heteroatoms. The van der Waals surface area contributed by atoms with Gasteiger partial charge >= 0.3 is 0 Å². The number of aromatic nitrogens is 3. The molecule has 1 aromatic heterocycles. The predicted octanol–water partition coefficient (Wildman–Crippen LogP) is 4.25. The Bertz CT molecular complexity index is 984. The van der Waals surface area contributed by atoms with E-state index in [9.17, 15) is 4.79 Å². The fourth-order valence-electron chi connectivity index (χ4n) is 3.71. The molecule has 0 radical (unpaired) electrons. The van der Waals surface area contributed by atoms with Crippen molar-refractivity contribution in [1.29, 1.82) is 0 Å². The highest BCUT2D eigenvalue weighted by molar-refractivity contribution is 8.00. The maximum Gasteiger partial charge on any atom is 0.233 e. The largest absolute Gasteiger partial charge is 0.348 e. The lowest BCUT2D eigenvalue weighted by molar-refractivity contribution is -0.121. The molecule has 4 rings (SSSR count). The van der Waals surface area contributed by atoms with Crippen LogP contribution in [0.4, 0.5) is 0 Å². The molecule has 0 bridgehead atoms. The highest BCUT2D eigenvalue weighted by atomic mass is 32.2. The quantitative estimate of drug-likeness (QED) is 0.660. The van der Waals surface area contributed by atoms with Gasteiger partial charge in [0.25, 0.3) is 0 Å². The molecule has 5 nitrogen and oxygen atoms in total. The molecule has 1 N–H and O–H groups in total. The molecule has 0 saturated carbocycles. The highest BCUT2D eigenvalue weighted by Crippen LogP contribution is 2.31. The third kappa shape index (κ3) is 3.83. The summed E-state index contributed by atoms with van der Waals surface area (Å²) in [7, 11) is 0. The number of aryl methyl sites for hydroxylation is 2. The second-order valence-electron chi connectivity index (χ2n) is 7.18. The van der Waals surface area contributed by atoms with Gasteiger partial charge in [0, 0.05) is 0 Å². The van der Waals surface area contributed by atoms with E-state index in [1.165, 1.54) is 22.9 Å². The minimum atomic E-state index is -0.263. The van der Waals surface area contributed by atoms with Gasteiger partial charge in [-0.15, -0.1) is 10.2 Å². The fraction of sp³-hybridized carbons (Fsp3) is 0.318. The van der Waals surface area contributed by atoms with Gasteiger partial charge < -0.3 is 5.32 Å². The lowest BCUT2D eigenvalue weighted by Gasteiger charge is -2.27. The zero-order valence-corrected chi connectivity index (χ0v) is 16.9. The van der Waals surface area contributed by atoms with Crippen LogP contribution in [0.1, 0.15) is 42.5 Å². The normalized spacial score (nSPS) is 17.0. The lowest BCUT2D eigenvalue weighted by Crippen LogP contribution is -2.36. The highest BCUT2D eigenvalue weighted by Gasteiger charge is 2.25. The minimum absolute atomic E-state index is 0.0334. The van der Waals surface area contributed by atoms with E-state index in [1.807, 2.05) is 35.8 Å². The van der Waals surface area contributed by atoms with Crippen molar-refractivity contribution in [2.75, 3.05) is 0 Å². The number of carbonyl (C=O) groups excluding carboxylic acids is 1. The Balaban J connectivity index is 1.47. The van der Waals surface area contributed by atoms with Crippen molar-refractivity contribution in [3.8, 4) is 5.69 Å². The minimum Gasteiger partial charge on any atom is -0.348 e. The molecule has 0 saturated heterocycles. The van der Waals surface area contributed by atoms with Crippen LogP contribution in [0.3, 0.4) is 0 Å². The van der Waals surface area contributed by atoms with Crippen LogP contribution in [0.25, 0.3) is 5.69 Å². The number of thioether (sulfide) groups is 1. The molecule has 0 fully saturated rings. The summed E-state index contributed by atoms with van der Waals surface area (Å²) in [5.41, 5.74) is 4.77. The van der Waals surface area contributed by atoms with Crippen LogP contribution in [-0.2, 0) is 11.2 Å². The van der Waals surface area contributed by atoms with Crippen molar-refractivity contribution >= 4 is 17.7 Å². The van der Waals surface area contributed by atoms with Crippen molar-refractivity contribution < 1.29 is 4.79 Å². The van der Waals surface area contributed by atoms with E-state index in [0.717, 1.165) is 35.7 Å². The molecular weight excluding hydrogens is 368 g/mol. The van der Waals surface area contributed by atoms with Crippen LogP contribution in [0, 0.1) is 6.92 Å². The smallest absolute Gasteiger partial charge is 0.233 e. The van der Waals surface area contributed by atoms with Gasteiger partial charge in [-0.3, -0.25) is 9.36 Å².